The van der Waals surface area contributed by atoms with E-state index >= 15 is 0 Å². The van der Waals surface area contributed by atoms with Crippen molar-refractivity contribution in [3.8, 4) is 0 Å². The van der Waals surface area contributed by atoms with E-state index in [0.29, 0.717) is 12.5 Å². The van der Waals surface area contributed by atoms with Crippen LogP contribution in [-0.4, -0.2) is 30.0 Å². The lowest BCUT2D eigenvalue weighted by Gasteiger charge is -2.05. The van der Waals surface area contributed by atoms with Crippen molar-refractivity contribution in [2.75, 3.05) is 13.1 Å². The minimum Gasteiger partial charge on any atom is -0.355 e. The van der Waals surface area contributed by atoms with Gasteiger partial charge in [-0.1, -0.05) is 6.07 Å². The summed E-state index contributed by atoms with van der Waals surface area (Å²) in [5, 5.41) is 6.28. The Hall–Kier alpha value is -1.42. The van der Waals surface area contributed by atoms with Crippen molar-refractivity contribution in [1.29, 1.82) is 0 Å². The summed E-state index contributed by atoms with van der Waals surface area (Å²) in [6, 6.07) is 4.60. The Balaban J connectivity index is 1.54. The summed E-state index contributed by atoms with van der Waals surface area (Å²) in [5.74, 6) is 0.117. The summed E-state index contributed by atoms with van der Waals surface area (Å²) in [6.45, 7) is 1.60. The van der Waals surface area contributed by atoms with Crippen LogP contribution in [0, 0.1) is 0 Å². The van der Waals surface area contributed by atoms with Crippen LogP contribution in [0.15, 0.2) is 24.5 Å². The molecule has 0 unspecified atom stereocenters. The maximum atomic E-state index is 11.5. The van der Waals surface area contributed by atoms with Gasteiger partial charge in [0.1, 0.15) is 0 Å². The molecule has 17 heavy (non-hydrogen) atoms. The molecule has 0 aliphatic heterocycles. The van der Waals surface area contributed by atoms with Crippen LogP contribution in [0.5, 0.6) is 0 Å². The quantitative estimate of drug-likeness (QED) is 0.687. The molecule has 1 aromatic heterocycles. The number of nitrogens with one attached hydrogen (secondary N) is 2. The molecular weight excluding hydrogens is 214 g/mol. The summed E-state index contributed by atoms with van der Waals surface area (Å²) < 4.78 is 0. The highest BCUT2D eigenvalue weighted by molar-refractivity contribution is 5.76. The number of aromatic nitrogens is 1. The van der Waals surface area contributed by atoms with E-state index in [2.05, 4.69) is 15.6 Å². The number of pyridine rings is 1. The second-order valence-electron chi connectivity index (χ2n) is 4.44. The van der Waals surface area contributed by atoms with Crippen molar-refractivity contribution < 1.29 is 4.79 Å². The minimum atomic E-state index is 0.117. The van der Waals surface area contributed by atoms with Gasteiger partial charge in [-0.3, -0.25) is 9.78 Å². The van der Waals surface area contributed by atoms with E-state index in [4.69, 9.17) is 0 Å². The molecule has 4 nitrogen and oxygen atoms in total. The highest BCUT2D eigenvalue weighted by Crippen LogP contribution is 2.17. The first-order valence-electron chi connectivity index (χ1n) is 6.23. The highest BCUT2D eigenvalue weighted by atomic mass is 16.1. The second-order valence-corrected chi connectivity index (χ2v) is 4.44. The van der Waals surface area contributed by atoms with E-state index in [1.807, 2.05) is 18.3 Å². The van der Waals surface area contributed by atoms with Gasteiger partial charge in [0.25, 0.3) is 0 Å². The smallest absolute Gasteiger partial charge is 0.220 e. The third-order valence-corrected chi connectivity index (χ3v) is 2.82. The summed E-state index contributed by atoms with van der Waals surface area (Å²) in [6.07, 6.45) is 7.42. The molecule has 1 fully saturated rings. The molecule has 1 aromatic rings. The lowest BCUT2D eigenvalue weighted by Crippen LogP contribution is -2.32. The zero-order chi connectivity index (χ0) is 11.9. The Kier molecular flexibility index (Phi) is 4.50. The lowest BCUT2D eigenvalue weighted by atomic mass is 10.1. The summed E-state index contributed by atoms with van der Waals surface area (Å²) in [4.78, 5) is 15.5. The molecule has 0 spiro atoms. The van der Waals surface area contributed by atoms with E-state index < -0.39 is 0 Å². The molecule has 2 N–H and O–H groups in total. The van der Waals surface area contributed by atoms with Crippen LogP contribution in [0.2, 0.25) is 0 Å². The van der Waals surface area contributed by atoms with Gasteiger partial charge in [0.15, 0.2) is 0 Å². The molecule has 2 rings (SSSR count). The van der Waals surface area contributed by atoms with Crippen molar-refractivity contribution in [1.82, 2.24) is 15.6 Å². The Labute approximate surface area is 102 Å². The van der Waals surface area contributed by atoms with Gasteiger partial charge in [-0.2, -0.15) is 0 Å². The Morgan fingerprint density at radius 1 is 1.41 bits per heavy atom. The van der Waals surface area contributed by atoms with Gasteiger partial charge in [-0.05, 0) is 30.9 Å². The maximum absolute atomic E-state index is 11.5. The SMILES string of the molecule is O=C(CCc1cccnc1)NCCNC1CC1. The average Bonchev–Trinajstić information content (AvgIpc) is 3.17. The van der Waals surface area contributed by atoms with Crippen LogP contribution in [0.25, 0.3) is 0 Å². The molecule has 0 radical (unpaired) electrons. The molecule has 0 bridgehead atoms. The van der Waals surface area contributed by atoms with Crippen molar-refractivity contribution in [3.05, 3.63) is 30.1 Å². The summed E-state index contributed by atoms with van der Waals surface area (Å²) in [7, 11) is 0. The topological polar surface area (TPSA) is 54.0 Å². The first-order valence-corrected chi connectivity index (χ1v) is 6.23. The number of nitrogens with zero attached hydrogens (tertiary/aromatic N) is 1. The summed E-state index contributed by atoms with van der Waals surface area (Å²) >= 11 is 0. The van der Waals surface area contributed by atoms with Gasteiger partial charge < -0.3 is 10.6 Å². The molecule has 0 atom stereocenters. The molecule has 1 amide bonds. The highest BCUT2D eigenvalue weighted by Gasteiger charge is 2.19. The fourth-order valence-corrected chi connectivity index (χ4v) is 1.66. The first kappa shape index (κ1) is 12.0. The fourth-order valence-electron chi connectivity index (χ4n) is 1.66. The number of amides is 1. The molecule has 0 saturated heterocycles. The molecule has 92 valence electrons. The van der Waals surface area contributed by atoms with Crippen LogP contribution < -0.4 is 10.6 Å². The largest absolute Gasteiger partial charge is 0.355 e. The second kappa shape index (κ2) is 6.35. The first-order chi connectivity index (χ1) is 8.34. The van der Waals surface area contributed by atoms with Gasteiger partial charge in [-0.25, -0.2) is 0 Å². The lowest BCUT2D eigenvalue weighted by molar-refractivity contribution is -0.121. The van der Waals surface area contributed by atoms with E-state index in [9.17, 15) is 4.79 Å². The Bertz CT molecular complexity index is 349. The molecule has 4 heteroatoms. The fraction of sp³-hybridized carbons (Fsp3) is 0.538. The van der Waals surface area contributed by atoms with Gasteiger partial charge in [-0.15, -0.1) is 0 Å². The molecule has 1 saturated carbocycles. The van der Waals surface area contributed by atoms with Crippen LogP contribution in [0.1, 0.15) is 24.8 Å². The molecule has 0 aromatic carbocycles. The number of carbonyl (C=O) groups excluding carboxylic acids is 1. The standard InChI is InChI=1S/C13H19N3O/c17-13(16-9-8-15-12-4-5-12)6-3-11-2-1-7-14-10-11/h1-2,7,10,12,15H,3-6,8-9H2,(H,16,17). The van der Waals surface area contributed by atoms with E-state index in [1.165, 1.54) is 12.8 Å². The summed E-state index contributed by atoms with van der Waals surface area (Å²) in [5.41, 5.74) is 1.11. The van der Waals surface area contributed by atoms with Crippen molar-refractivity contribution in [3.63, 3.8) is 0 Å². The predicted molar refractivity (Wildman–Crippen MR) is 66.6 cm³/mol. The molecular formula is C13H19N3O. The monoisotopic (exact) mass is 233 g/mol. The maximum Gasteiger partial charge on any atom is 0.220 e. The zero-order valence-electron chi connectivity index (χ0n) is 9.98. The third-order valence-electron chi connectivity index (χ3n) is 2.82. The Morgan fingerprint density at radius 2 is 2.29 bits per heavy atom. The normalized spacial score (nSPS) is 14.6. The van der Waals surface area contributed by atoms with E-state index in [0.717, 1.165) is 25.1 Å². The van der Waals surface area contributed by atoms with Gasteiger partial charge in [0.2, 0.25) is 5.91 Å². The number of rotatable bonds is 7. The van der Waals surface area contributed by atoms with Gasteiger partial charge in [0, 0.05) is 37.9 Å². The van der Waals surface area contributed by atoms with Crippen molar-refractivity contribution in [2.45, 2.75) is 31.7 Å². The number of carbonyl (C=O) groups is 1. The zero-order valence-corrected chi connectivity index (χ0v) is 9.98. The minimum absolute atomic E-state index is 0.117. The van der Waals surface area contributed by atoms with E-state index in [1.54, 1.807) is 6.20 Å². The van der Waals surface area contributed by atoms with Crippen molar-refractivity contribution >= 4 is 5.91 Å². The van der Waals surface area contributed by atoms with Crippen LogP contribution >= 0.6 is 0 Å². The number of hydrogen-bond donors (Lipinski definition) is 2. The third kappa shape index (κ3) is 4.95. The molecule has 1 aliphatic rings. The van der Waals surface area contributed by atoms with Crippen molar-refractivity contribution in [2.24, 2.45) is 0 Å². The average molecular weight is 233 g/mol. The van der Waals surface area contributed by atoms with Crippen LogP contribution in [0.3, 0.4) is 0 Å². The Morgan fingerprint density at radius 3 is 3.00 bits per heavy atom. The predicted octanol–water partition coefficient (Wildman–Crippen LogP) is 0.882. The molecule has 1 heterocycles. The van der Waals surface area contributed by atoms with Crippen LogP contribution in [-0.2, 0) is 11.2 Å². The van der Waals surface area contributed by atoms with Gasteiger partial charge in [0.05, 0.1) is 0 Å². The van der Waals surface area contributed by atoms with Crippen LogP contribution in [0.4, 0.5) is 0 Å². The van der Waals surface area contributed by atoms with E-state index in [-0.39, 0.29) is 5.91 Å². The number of aryl methyl sites for hydroxylation is 1. The van der Waals surface area contributed by atoms with Gasteiger partial charge >= 0.3 is 0 Å². The molecule has 1 aliphatic carbocycles. The number of hydrogen-bond acceptors (Lipinski definition) is 3.